The van der Waals surface area contributed by atoms with Gasteiger partial charge in [0.25, 0.3) is 0 Å². The van der Waals surface area contributed by atoms with Crippen molar-refractivity contribution >= 4 is 5.97 Å². The Morgan fingerprint density at radius 3 is 2.69 bits per heavy atom. The normalized spacial score (nSPS) is 13.5. The quantitative estimate of drug-likeness (QED) is 0.819. The number of aromatic nitrogens is 1. The van der Waals surface area contributed by atoms with Gasteiger partial charge in [-0.3, -0.25) is 9.78 Å². The molecule has 0 amide bonds. The second-order valence-corrected chi connectivity index (χ2v) is 3.14. The van der Waals surface area contributed by atoms with Gasteiger partial charge in [0.15, 0.2) is 0 Å². The van der Waals surface area contributed by atoms with Crippen LogP contribution in [0.1, 0.15) is 11.3 Å². The maximum Gasteiger partial charge on any atom is 0.418 e. The molecular weight excluding hydrogens is 225 g/mol. The van der Waals surface area contributed by atoms with Gasteiger partial charge in [0.2, 0.25) is 0 Å². The molecule has 16 heavy (non-hydrogen) atoms. The first-order valence-corrected chi connectivity index (χ1v) is 4.32. The molecule has 1 heterocycles. The number of nitrogens with two attached hydrogens (primary N) is 1. The van der Waals surface area contributed by atoms with Crippen molar-refractivity contribution in [2.24, 2.45) is 5.73 Å². The van der Waals surface area contributed by atoms with Crippen molar-refractivity contribution in [1.82, 2.24) is 4.98 Å². The fourth-order valence-electron chi connectivity index (χ4n) is 1.15. The van der Waals surface area contributed by atoms with Gasteiger partial charge in [-0.2, -0.15) is 13.2 Å². The van der Waals surface area contributed by atoms with Crippen LogP contribution in [0.25, 0.3) is 0 Å². The van der Waals surface area contributed by atoms with E-state index in [1.54, 1.807) is 0 Å². The molecule has 3 N–H and O–H groups in total. The van der Waals surface area contributed by atoms with E-state index in [0.29, 0.717) is 0 Å². The first kappa shape index (κ1) is 12.4. The summed E-state index contributed by atoms with van der Waals surface area (Å²) in [4.78, 5) is 13.9. The van der Waals surface area contributed by atoms with Crippen molar-refractivity contribution < 1.29 is 23.1 Å². The van der Waals surface area contributed by atoms with E-state index in [1.165, 1.54) is 6.20 Å². The SMILES string of the molecule is NC(Cc1ncccc1C(F)(F)F)C(=O)O. The standard InChI is InChI=1S/C9H9F3N2O2/c10-9(11,12)5-2-1-3-14-7(5)4-6(13)8(15)16/h1-3,6H,4,13H2,(H,15,16). The predicted octanol–water partition coefficient (Wildman–Crippen LogP) is 1.05. The molecule has 0 fully saturated rings. The third-order valence-corrected chi connectivity index (χ3v) is 1.93. The highest BCUT2D eigenvalue weighted by Gasteiger charge is 2.34. The number of nitrogens with zero attached hydrogens (tertiary/aromatic N) is 1. The van der Waals surface area contributed by atoms with Gasteiger partial charge in [0.05, 0.1) is 11.3 Å². The van der Waals surface area contributed by atoms with Crippen LogP contribution in [0.4, 0.5) is 13.2 Å². The molecule has 1 aromatic heterocycles. The summed E-state index contributed by atoms with van der Waals surface area (Å²) in [5.41, 5.74) is 3.85. The number of carboxylic acid groups (broad SMARTS) is 1. The molecule has 4 nitrogen and oxygen atoms in total. The minimum atomic E-state index is -4.55. The summed E-state index contributed by atoms with van der Waals surface area (Å²) in [6.07, 6.45) is -3.84. The van der Waals surface area contributed by atoms with Crippen molar-refractivity contribution in [3.05, 3.63) is 29.6 Å². The van der Waals surface area contributed by atoms with E-state index in [-0.39, 0.29) is 5.69 Å². The van der Waals surface area contributed by atoms with Crippen LogP contribution in [0, 0.1) is 0 Å². The minimum absolute atomic E-state index is 0.357. The van der Waals surface area contributed by atoms with E-state index in [0.717, 1.165) is 12.1 Å². The third kappa shape index (κ3) is 2.93. The van der Waals surface area contributed by atoms with Gasteiger partial charge in [-0.15, -0.1) is 0 Å². The van der Waals surface area contributed by atoms with Gasteiger partial charge in [0.1, 0.15) is 6.04 Å². The maximum atomic E-state index is 12.5. The molecule has 0 bridgehead atoms. The Labute approximate surface area is 88.9 Å². The zero-order valence-electron chi connectivity index (χ0n) is 8.03. The molecule has 1 atom stereocenters. The van der Waals surface area contributed by atoms with E-state index in [2.05, 4.69) is 4.98 Å². The van der Waals surface area contributed by atoms with Crippen LogP contribution in [-0.4, -0.2) is 22.1 Å². The summed E-state index contributed by atoms with van der Waals surface area (Å²) in [6.45, 7) is 0. The van der Waals surface area contributed by atoms with Crippen molar-refractivity contribution in [1.29, 1.82) is 0 Å². The first-order chi connectivity index (χ1) is 7.32. The van der Waals surface area contributed by atoms with E-state index >= 15 is 0 Å². The molecule has 0 aliphatic carbocycles. The maximum absolute atomic E-state index is 12.5. The van der Waals surface area contributed by atoms with Gasteiger partial charge in [-0.25, -0.2) is 0 Å². The number of pyridine rings is 1. The second kappa shape index (κ2) is 4.48. The number of hydrogen-bond acceptors (Lipinski definition) is 3. The molecule has 7 heteroatoms. The summed E-state index contributed by atoms with van der Waals surface area (Å²) < 4.78 is 37.4. The van der Waals surface area contributed by atoms with Crippen LogP contribution in [0.3, 0.4) is 0 Å². The summed E-state index contributed by atoms with van der Waals surface area (Å²) in [5, 5.41) is 8.50. The van der Waals surface area contributed by atoms with Crippen molar-refractivity contribution in [3.63, 3.8) is 0 Å². The summed E-state index contributed by atoms with van der Waals surface area (Å²) >= 11 is 0. The highest BCUT2D eigenvalue weighted by Crippen LogP contribution is 2.31. The minimum Gasteiger partial charge on any atom is -0.480 e. The lowest BCUT2D eigenvalue weighted by molar-refractivity contribution is -0.141. The number of alkyl halides is 3. The number of carboxylic acids is 1. The highest BCUT2D eigenvalue weighted by molar-refractivity contribution is 5.73. The lowest BCUT2D eigenvalue weighted by atomic mass is 10.1. The van der Waals surface area contributed by atoms with Gasteiger partial charge in [0, 0.05) is 12.6 Å². The average Bonchev–Trinajstić information content (AvgIpc) is 2.16. The van der Waals surface area contributed by atoms with Crippen LogP contribution in [-0.2, 0) is 17.4 Å². The Hall–Kier alpha value is -1.63. The molecule has 0 aliphatic rings. The van der Waals surface area contributed by atoms with Crippen molar-refractivity contribution in [2.75, 3.05) is 0 Å². The lowest BCUT2D eigenvalue weighted by Crippen LogP contribution is -2.33. The molecular formula is C9H9F3N2O2. The number of rotatable bonds is 3. The molecule has 0 aromatic carbocycles. The number of halogens is 3. The van der Waals surface area contributed by atoms with E-state index < -0.39 is 30.2 Å². The Bertz CT molecular complexity index is 393. The van der Waals surface area contributed by atoms with Crippen LogP contribution in [0.5, 0.6) is 0 Å². The van der Waals surface area contributed by atoms with E-state index in [4.69, 9.17) is 10.8 Å². The fraction of sp³-hybridized carbons (Fsp3) is 0.333. The molecule has 0 aliphatic heterocycles. The van der Waals surface area contributed by atoms with Gasteiger partial charge >= 0.3 is 12.1 Å². The topological polar surface area (TPSA) is 76.2 Å². The molecule has 0 spiro atoms. The van der Waals surface area contributed by atoms with Crippen molar-refractivity contribution in [3.8, 4) is 0 Å². The van der Waals surface area contributed by atoms with E-state index in [1.807, 2.05) is 0 Å². The van der Waals surface area contributed by atoms with Gasteiger partial charge in [-0.05, 0) is 12.1 Å². The molecule has 0 radical (unpaired) electrons. The highest BCUT2D eigenvalue weighted by atomic mass is 19.4. The molecule has 1 rings (SSSR count). The smallest absolute Gasteiger partial charge is 0.418 e. The Kier molecular flexibility index (Phi) is 3.48. The number of hydrogen-bond donors (Lipinski definition) is 2. The van der Waals surface area contributed by atoms with Crippen molar-refractivity contribution in [2.45, 2.75) is 18.6 Å². The van der Waals surface area contributed by atoms with Gasteiger partial charge < -0.3 is 10.8 Å². The molecule has 1 unspecified atom stereocenters. The first-order valence-electron chi connectivity index (χ1n) is 4.32. The van der Waals surface area contributed by atoms with Crippen LogP contribution >= 0.6 is 0 Å². The number of aliphatic carboxylic acids is 1. The van der Waals surface area contributed by atoms with Crippen LogP contribution < -0.4 is 5.73 Å². The molecule has 88 valence electrons. The van der Waals surface area contributed by atoms with Crippen LogP contribution in [0.2, 0.25) is 0 Å². The average molecular weight is 234 g/mol. The Morgan fingerprint density at radius 1 is 1.56 bits per heavy atom. The van der Waals surface area contributed by atoms with Crippen LogP contribution in [0.15, 0.2) is 18.3 Å². The largest absolute Gasteiger partial charge is 0.480 e. The molecule has 0 saturated heterocycles. The number of carbonyl (C=O) groups is 1. The third-order valence-electron chi connectivity index (χ3n) is 1.93. The Morgan fingerprint density at radius 2 is 2.19 bits per heavy atom. The molecule has 1 aromatic rings. The summed E-state index contributed by atoms with van der Waals surface area (Å²) in [6, 6.07) is 0.589. The monoisotopic (exact) mass is 234 g/mol. The fourth-order valence-corrected chi connectivity index (χ4v) is 1.15. The Balaban J connectivity index is 3.01. The molecule has 0 saturated carbocycles. The van der Waals surface area contributed by atoms with Gasteiger partial charge in [-0.1, -0.05) is 0 Å². The zero-order chi connectivity index (χ0) is 12.3. The van der Waals surface area contributed by atoms with E-state index in [9.17, 15) is 18.0 Å². The second-order valence-electron chi connectivity index (χ2n) is 3.14. The summed E-state index contributed by atoms with van der Waals surface area (Å²) in [5.74, 6) is -1.36. The zero-order valence-corrected chi connectivity index (χ0v) is 8.03. The lowest BCUT2D eigenvalue weighted by Gasteiger charge is -2.12. The summed E-state index contributed by atoms with van der Waals surface area (Å²) in [7, 11) is 0. The predicted molar refractivity (Wildman–Crippen MR) is 48.6 cm³/mol.